The molecule has 0 aliphatic carbocycles. The van der Waals surface area contributed by atoms with Crippen molar-refractivity contribution in [2.45, 2.75) is 52.0 Å². The van der Waals surface area contributed by atoms with Crippen LogP contribution in [0.3, 0.4) is 0 Å². The maximum atomic E-state index is 10.4. The summed E-state index contributed by atoms with van der Waals surface area (Å²) >= 11 is 0. The fourth-order valence-corrected chi connectivity index (χ4v) is 1.46. The van der Waals surface area contributed by atoms with Crippen molar-refractivity contribution in [1.29, 1.82) is 0 Å². The van der Waals surface area contributed by atoms with E-state index in [4.69, 9.17) is 10.8 Å². The maximum absolute atomic E-state index is 10.4. The molecular formula is C15H25NO2. The van der Waals surface area contributed by atoms with Crippen LogP contribution in [0.1, 0.15) is 45.1 Å². The molecule has 1 atom stereocenters. The van der Waals surface area contributed by atoms with Crippen LogP contribution in [-0.2, 0) is 11.2 Å². The summed E-state index contributed by atoms with van der Waals surface area (Å²) in [4.78, 5) is 10.4. The maximum Gasteiger partial charge on any atom is 0.320 e. The molecule has 18 heavy (non-hydrogen) atoms. The van der Waals surface area contributed by atoms with Crippen LogP contribution in [0.2, 0.25) is 0 Å². The summed E-state index contributed by atoms with van der Waals surface area (Å²) in [5.41, 5.74) is 6.30. The van der Waals surface area contributed by atoms with Gasteiger partial charge in [-0.2, -0.15) is 0 Å². The Morgan fingerprint density at radius 3 is 2.06 bits per heavy atom. The Balaban J connectivity index is 0.000000411. The minimum absolute atomic E-state index is 0.385. The number of carboxylic acid groups (broad SMARTS) is 1. The largest absolute Gasteiger partial charge is 0.480 e. The molecule has 0 unspecified atom stereocenters. The van der Waals surface area contributed by atoms with Crippen LogP contribution in [0, 0.1) is 0 Å². The number of unbranched alkanes of at least 4 members (excludes halogenated alkanes) is 3. The molecule has 0 fully saturated rings. The van der Waals surface area contributed by atoms with Gasteiger partial charge in [0.2, 0.25) is 0 Å². The lowest BCUT2D eigenvalue weighted by molar-refractivity contribution is -0.138. The summed E-state index contributed by atoms with van der Waals surface area (Å²) in [6.07, 6.45) is 5.92. The molecule has 3 nitrogen and oxygen atoms in total. The first-order valence-electron chi connectivity index (χ1n) is 6.64. The zero-order valence-electron chi connectivity index (χ0n) is 11.4. The van der Waals surface area contributed by atoms with E-state index >= 15 is 0 Å². The van der Waals surface area contributed by atoms with Crippen molar-refractivity contribution < 1.29 is 9.90 Å². The van der Waals surface area contributed by atoms with Crippen LogP contribution in [0.25, 0.3) is 0 Å². The van der Waals surface area contributed by atoms with Crippen LogP contribution < -0.4 is 5.73 Å². The highest BCUT2D eigenvalue weighted by atomic mass is 16.4. The number of aliphatic carboxylic acids is 1. The predicted octanol–water partition coefficient (Wildman–Crippen LogP) is 3.23. The summed E-state index contributed by atoms with van der Waals surface area (Å²) in [5, 5.41) is 8.52. The van der Waals surface area contributed by atoms with Gasteiger partial charge in [-0.3, -0.25) is 4.79 Å². The lowest BCUT2D eigenvalue weighted by Crippen LogP contribution is -2.32. The van der Waals surface area contributed by atoms with E-state index in [1.807, 2.05) is 30.3 Å². The minimum atomic E-state index is -0.959. The molecule has 1 rings (SSSR count). The van der Waals surface area contributed by atoms with E-state index in [1.54, 1.807) is 0 Å². The molecule has 0 aliphatic heterocycles. The van der Waals surface area contributed by atoms with E-state index in [9.17, 15) is 4.79 Å². The zero-order chi connectivity index (χ0) is 13.8. The highest BCUT2D eigenvalue weighted by molar-refractivity contribution is 5.73. The van der Waals surface area contributed by atoms with E-state index in [2.05, 4.69) is 13.8 Å². The molecule has 1 aromatic carbocycles. The number of benzene rings is 1. The van der Waals surface area contributed by atoms with Crippen LogP contribution >= 0.6 is 0 Å². The molecule has 0 heterocycles. The average Bonchev–Trinajstić information content (AvgIpc) is 2.38. The molecule has 0 radical (unpaired) electrons. The molecule has 102 valence electrons. The van der Waals surface area contributed by atoms with Gasteiger partial charge in [0.25, 0.3) is 0 Å². The Labute approximate surface area is 110 Å². The molecule has 0 saturated heterocycles. The Hall–Kier alpha value is -1.35. The molecule has 3 heteroatoms. The number of hydrogen-bond acceptors (Lipinski definition) is 2. The third-order valence-corrected chi connectivity index (χ3v) is 2.57. The standard InChI is InChI=1S/C9H11NO2.C6H14/c10-8(9(11)12)6-7-4-2-1-3-5-7;1-3-5-6-4-2/h1-5,8H,6,10H2,(H,11,12);3-6H2,1-2H3/t8-;/m0./s1. The van der Waals surface area contributed by atoms with Crippen LogP contribution in [-0.4, -0.2) is 17.1 Å². The van der Waals surface area contributed by atoms with Gasteiger partial charge in [0.1, 0.15) is 6.04 Å². The highest BCUT2D eigenvalue weighted by Gasteiger charge is 2.10. The predicted molar refractivity (Wildman–Crippen MR) is 75.6 cm³/mol. The second-order valence-corrected chi connectivity index (χ2v) is 4.34. The number of hydrogen-bond donors (Lipinski definition) is 2. The van der Waals surface area contributed by atoms with Gasteiger partial charge in [-0.1, -0.05) is 69.9 Å². The van der Waals surface area contributed by atoms with Crippen LogP contribution in [0.5, 0.6) is 0 Å². The minimum Gasteiger partial charge on any atom is -0.480 e. The Morgan fingerprint density at radius 1 is 1.17 bits per heavy atom. The Bertz CT molecular complexity index is 308. The summed E-state index contributed by atoms with van der Waals surface area (Å²) in [6, 6.07) is 8.54. The molecule has 0 spiro atoms. The Morgan fingerprint density at radius 2 is 1.67 bits per heavy atom. The number of nitrogens with two attached hydrogens (primary N) is 1. The van der Waals surface area contributed by atoms with Crippen molar-refractivity contribution in [2.24, 2.45) is 5.73 Å². The number of rotatable bonds is 6. The zero-order valence-corrected chi connectivity index (χ0v) is 11.4. The average molecular weight is 251 g/mol. The van der Waals surface area contributed by atoms with Crippen molar-refractivity contribution in [1.82, 2.24) is 0 Å². The fraction of sp³-hybridized carbons (Fsp3) is 0.533. The third kappa shape index (κ3) is 8.76. The van der Waals surface area contributed by atoms with Gasteiger partial charge in [-0.15, -0.1) is 0 Å². The van der Waals surface area contributed by atoms with Gasteiger partial charge in [0.05, 0.1) is 0 Å². The van der Waals surface area contributed by atoms with E-state index < -0.39 is 12.0 Å². The Kier molecular flexibility index (Phi) is 9.97. The number of carboxylic acids is 1. The van der Waals surface area contributed by atoms with E-state index in [0.717, 1.165) is 5.56 Å². The van der Waals surface area contributed by atoms with Crippen molar-refractivity contribution in [3.8, 4) is 0 Å². The molecule has 0 bridgehead atoms. The van der Waals surface area contributed by atoms with Gasteiger partial charge in [0.15, 0.2) is 0 Å². The lowest BCUT2D eigenvalue weighted by atomic mass is 10.1. The topological polar surface area (TPSA) is 63.3 Å². The van der Waals surface area contributed by atoms with Gasteiger partial charge in [-0.05, 0) is 12.0 Å². The summed E-state index contributed by atoms with van der Waals surface area (Å²) in [6.45, 7) is 4.46. The second-order valence-electron chi connectivity index (χ2n) is 4.34. The van der Waals surface area contributed by atoms with E-state index in [-0.39, 0.29) is 0 Å². The highest BCUT2D eigenvalue weighted by Crippen LogP contribution is 2.01. The monoisotopic (exact) mass is 251 g/mol. The number of carbonyl (C=O) groups is 1. The van der Waals surface area contributed by atoms with Gasteiger partial charge in [0, 0.05) is 0 Å². The van der Waals surface area contributed by atoms with Gasteiger partial charge >= 0.3 is 5.97 Å². The molecule has 0 aliphatic rings. The SMILES string of the molecule is CCCCCC.N[C@@H](Cc1ccccc1)C(=O)O. The van der Waals surface area contributed by atoms with E-state index in [0.29, 0.717) is 6.42 Å². The molecule has 3 N–H and O–H groups in total. The summed E-state index contributed by atoms with van der Waals surface area (Å²) in [7, 11) is 0. The summed E-state index contributed by atoms with van der Waals surface area (Å²) < 4.78 is 0. The summed E-state index contributed by atoms with van der Waals surface area (Å²) in [5.74, 6) is -0.959. The van der Waals surface area contributed by atoms with Crippen molar-refractivity contribution in [3.63, 3.8) is 0 Å². The quantitative estimate of drug-likeness (QED) is 0.763. The second kappa shape index (κ2) is 10.8. The van der Waals surface area contributed by atoms with Crippen LogP contribution in [0.4, 0.5) is 0 Å². The van der Waals surface area contributed by atoms with Crippen LogP contribution in [0.15, 0.2) is 30.3 Å². The molecule has 0 amide bonds. The fourth-order valence-electron chi connectivity index (χ4n) is 1.46. The lowest BCUT2D eigenvalue weighted by Gasteiger charge is -2.04. The third-order valence-electron chi connectivity index (χ3n) is 2.57. The smallest absolute Gasteiger partial charge is 0.320 e. The van der Waals surface area contributed by atoms with Crippen molar-refractivity contribution in [3.05, 3.63) is 35.9 Å². The van der Waals surface area contributed by atoms with Crippen molar-refractivity contribution in [2.75, 3.05) is 0 Å². The molecular weight excluding hydrogens is 226 g/mol. The van der Waals surface area contributed by atoms with Crippen molar-refractivity contribution >= 4 is 5.97 Å². The van der Waals surface area contributed by atoms with Gasteiger partial charge < -0.3 is 10.8 Å². The first-order valence-corrected chi connectivity index (χ1v) is 6.64. The molecule has 0 aromatic heterocycles. The van der Waals surface area contributed by atoms with Gasteiger partial charge in [-0.25, -0.2) is 0 Å². The first kappa shape index (κ1) is 16.6. The van der Waals surface area contributed by atoms with E-state index in [1.165, 1.54) is 25.7 Å². The molecule has 0 saturated carbocycles. The molecule has 1 aromatic rings. The first-order chi connectivity index (χ1) is 8.61. The normalized spacial score (nSPS) is 11.3.